The van der Waals surface area contributed by atoms with Crippen molar-refractivity contribution in [2.24, 2.45) is 0 Å². The van der Waals surface area contributed by atoms with Gasteiger partial charge in [0.2, 0.25) is 0 Å². The van der Waals surface area contributed by atoms with Gasteiger partial charge in [0, 0.05) is 13.1 Å². The molecule has 152 valence electrons. The van der Waals surface area contributed by atoms with Gasteiger partial charge in [-0.15, -0.1) is 0 Å². The molecule has 2 aromatic rings. The Bertz CT molecular complexity index is 732. The number of hydrogen-bond donors (Lipinski definition) is 2. The Hall–Kier alpha value is -2.73. The molecule has 0 radical (unpaired) electrons. The van der Waals surface area contributed by atoms with Crippen molar-refractivity contribution in [3.05, 3.63) is 59.7 Å². The molecule has 0 spiro atoms. The Labute approximate surface area is 167 Å². The van der Waals surface area contributed by atoms with Gasteiger partial charge in [-0.25, -0.2) is 4.79 Å². The van der Waals surface area contributed by atoms with E-state index in [1.165, 1.54) is 0 Å². The summed E-state index contributed by atoms with van der Waals surface area (Å²) in [6.07, 6.45) is 0.716. The molecule has 6 nitrogen and oxygen atoms in total. The summed E-state index contributed by atoms with van der Waals surface area (Å²) in [5.41, 5.74) is 2.20. The van der Waals surface area contributed by atoms with E-state index >= 15 is 0 Å². The molecular formula is C22H31N3O3. The van der Waals surface area contributed by atoms with Gasteiger partial charge in [-0.1, -0.05) is 30.3 Å². The van der Waals surface area contributed by atoms with Gasteiger partial charge in [-0.05, 0) is 56.8 Å². The number of carbonyl (C=O) groups excluding carboxylic acids is 1. The molecule has 0 aliphatic heterocycles. The van der Waals surface area contributed by atoms with E-state index in [1.54, 1.807) is 7.11 Å². The number of para-hydroxylation sites is 1. The molecule has 0 aromatic heterocycles. The van der Waals surface area contributed by atoms with Crippen LogP contribution in [0.4, 0.5) is 4.79 Å². The molecule has 6 heteroatoms. The van der Waals surface area contributed by atoms with Crippen molar-refractivity contribution in [2.45, 2.75) is 19.4 Å². The van der Waals surface area contributed by atoms with Crippen molar-refractivity contribution in [3.8, 4) is 11.5 Å². The highest BCUT2D eigenvalue weighted by molar-refractivity contribution is 5.73. The number of amides is 2. The fourth-order valence-electron chi connectivity index (χ4n) is 3.02. The predicted octanol–water partition coefficient (Wildman–Crippen LogP) is 3.24. The van der Waals surface area contributed by atoms with Gasteiger partial charge in [0.25, 0.3) is 0 Å². The van der Waals surface area contributed by atoms with Gasteiger partial charge in [-0.2, -0.15) is 0 Å². The molecule has 0 fully saturated rings. The molecule has 0 saturated heterocycles. The lowest BCUT2D eigenvalue weighted by atomic mass is 10.1. The summed E-state index contributed by atoms with van der Waals surface area (Å²) in [7, 11) is 5.66. The van der Waals surface area contributed by atoms with Gasteiger partial charge < -0.3 is 25.0 Å². The highest BCUT2D eigenvalue weighted by Gasteiger charge is 2.15. The summed E-state index contributed by atoms with van der Waals surface area (Å²) in [5.74, 6) is 1.69. The standard InChI is InChI=1S/C22H31N3O3/c1-5-28-19-12-10-17(11-13-19)20(25(2)3)16-24-22(26)23-15-14-18-8-6-7-9-21(18)27-4/h6-13,20H,5,14-16H2,1-4H3,(H2,23,24,26). The molecule has 2 N–H and O–H groups in total. The third-order valence-electron chi connectivity index (χ3n) is 4.53. The molecule has 2 aromatic carbocycles. The van der Waals surface area contributed by atoms with E-state index in [0.29, 0.717) is 26.1 Å². The van der Waals surface area contributed by atoms with Gasteiger partial charge in [-0.3, -0.25) is 0 Å². The van der Waals surface area contributed by atoms with Crippen molar-refractivity contribution >= 4 is 6.03 Å². The Kier molecular flexibility index (Phi) is 8.62. The number of likely N-dealkylation sites (N-methyl/N-ethyl adjacent to an activating group) is 1. The number of carbonyl (C=O) groups is 1. The fraction of sp³-hybridized carbons (Fsp3) is 0.409. The van der Waals surface area contributed by atoms with Crippen LogP contribution in [0.15, 0.2) is 48.5 Å². The maximum absolute atomic E-state index is 12.2. The summed E-state index contributed by atoms with van der Waals surface area (Å²) in [6.45, 7) is 3.67. The quantitative estimate of drug-likeness (QED) is 0.659. The van der Waals surface area contributed by atoms with E-state index in [4.69, 9.17) is 9.47 Å². The number of nitrogens with zero attached hydrogens (tertiary/aromatic N) is 1. The van der Waals surface area contributed by atoms with Gasteiger partial charge in [0.05, 0.1) is 19.8 Å². The van der Waals surface area contributed by atoms with Crippen molar-refractivity contribution < 1.29 is 14.3 Å². The average molecular weight is 386 g/mol. The molecule has 0 saturated carbocycles. The molecule has 2 rings (SSSR count). The van der Waals surface area contributed by atoms with Crippen molar-refractivity contribution in [1.29, 1.82) is 0 Å². The average Bonchev–Trinajstić information content (AvgIpc) is 2.69. The molecule has 1 atom stereocenters. The van der Waals surface area contributed by atoms with Crippen molar-refractivity contribution in [2.75, 3.05) is 40.9 Å². The van der Waals surface area contributed by atoms with Crippen LogP contribution >= 0.6 is 0 Å². The largest absolute Gasteiger partial charge is 0.496 e. The van der Waals surface area contributed by atoms with Crippen LogP contribution < -0.4 is 20.1 Å². The Balaban J connectivity index is 1.83. The first kappa shape index (κ1) is 21.6. The van der Waals surface area contributed by atoms with E-state index in [0.717, 1.165) is 22.6 Å². The van der Waals surface area contributed by atoms with Crippen molar-refractivity contribution in [1.82, 2.24) is 15.5 Å². The van der Waals surface area contributed by atoms with Gasteiger partial charge in [0.1, 0.15) is 11.5 Å². The molecular weight excluding hydrogens is 354 g/mol. The predicted molar refractivity (Wildman–Crippen MR) is 112 cm³/mol. The van der Waals surface area contributed by atoms with Gasteiger partial charge >= 0.3 is 6.03 Å². The Morgan fingerprint density at radius 1 is 1.07 bits per heavy atom. The molecule has 0 bridgehead atoms. The number of rotatable bonds is 10. The second-order valence-electron chi connectivity index (χ2n) is 6.68. The van der Waals surface area contributed by atoms with E-state index in [2.05, 4.69) is 15.5 Å². The van der Waals surface area contributed by atoms with Gasteiger partial charge in [0.15, 0.2) is 0 Å². The zero-order valence-electron chi connectivity index (χ0n) is 17.2. The number of ether oxygens (including phenoxy) is 2. The Morgan fingerprint density at radius 2 is 1.79 bits per heavy atom. The smallest absolute Gasteiger partial charge is 0.314 e. The number of hydrogen-bond acceptors (Lipinski definition) is 4. The van der Waals surface area contributed by atoms with Crippen molar-refractivity contribution in [3.63, 3.8) is 0 Å². The second kappa shape index (κ2) is 11.2. The maximum atomic E-state index is 12.2. The number of methoxy groups -OCH3 is 1. The van der Waals surface area contributed by atoms with Crippen LogP contribution in [-0.2, 0) is 6.42 Å². The molecule has 28 heavy (non-hydrogen) atoms. The van der Waals surface area contributed by atoms with E-state index < -0.39 is 0 Å². The SMILES string of the molecule is CCOc1ccc(C(CNC(=O)NCCc2ccccc2OC)N(C)C)cc1. The third kappa shape index (κ3) is 6.46. The first-order chi connectivity index (χ1) is 13.5. The Morgan fingerprint density at radius 3 is 2.43 bits per heavy atom. The summed E-state index contributed by atoms with van der Waals surface area (Å²) in [6, 6.07) is 15.7. The summed E-state index contributed by atoms with van der Waals surface area (Å²) >= 11 is 0. The lowest BCUT2D eigenvalue weighted by Gasteiger charge is -2.25. The highest BCUT2D eigenvalue weighted by atomic mass is 16.5. The number of nitrogens with one attached hydrogen (secondary N) is 2. The lowest BCUT2D eigenvalue weighted by Crippen LogP contribution is -2.41. The minimum absolute atomic E-state index is 0.0793. The first-order valence-electron chi connectivity index (χ1n) is 9.58. The molecule has 0 aliphatic rings. The summed E-state index contributed by atoms with van der Waals surface area (Å²) in [4.78, 5) is 14.3. The minimum Gasteiger partial charge on any atom is -0.496 e. The zero-order valence-corrected chi connectivity index (χ0v) is 17.2. The van der Waals surface area contributed by atoms with E-state index in [9.17, 15) is 4.79 Å². The number of benzene rings is 2. The van der Waals surface area contributed by atoms with Crippen LogP contribution in [0.25, 0.3) is 0 Å². The zero-order chi connectivity index (χ0) is 20.4. The molecule has 2 amide bonds. The van der Waals surface area contributed by atoms with E-state index in [1.807, 2.05) is 69.6 Å². The third-order valence-corrected chi connectivity index (χ3v) is 4.53. The maximum Gasteiger partial charge on any atom is 0.314 e. The monoisotopic (exact) mass is 385 g/mol. The fourth-order valence-corrected chi connectivity index (χ4v) is 3.02. The topological polar surface area (TPSA) is 62.8 Å². The second-order valence-corrected chi connectivity index (χ2v) is 6.68. The number of urea groups is 1. The van der Waals surface area contributed by atoms with Crippen LogP contribution in [0, 0.1) is 0 Å². The van der Waals surface area contributed by atoms with Crippen LogP contribution in [0.2, 0.25) is 0 Å². The lowest BCUT2D eigenvalue weighted by molar-refractivity contribution is 0.233. The van der Waals surface area contributed by atoms with Crippen LogP contribution in [0.1, 0.15) is 24.1 Å². The van der Waals surface area contributed by atoms with Crippen LogP contribution in [-0.4, -0.2) is 51.8 Å². The summed E-state index contributed by atoms with van der Waals surface area (Å²) in [5, 5.41) is 5.87. The normalized spacial score (nSPS) is 11.8. The molecule has 0 aliphatic carbocycles. The van der Waals surface area contributed by atoms with E-state index in [-0.39, 0.29) is 12.1 Å². The first-order valence-corrected chi connectivity index (χ1v) is 9.58. The molecule has 0 heterocycles. The minimum atomic E-state index is -0.173. The van der Waals surface area contributed by atoms with Crippen LogP contribution in [0.3, 0.4) is 0 Å². The highest BCUT2D eigenvalue weighted by Crippen LogP contribution is 2.21. The summed E-state index contributed by atoms with van der Waals surface area (Å²) < 4.78 is 10.8. The molecule has 1 unspecified atom stereocenters. The van der Waals surface area contributed by atoms with Crippen LogP contribution in [0.5, 0.6) is 11.5 Å².